The molecule has 0 radical (unpaired) electrons. The molecule has 0 saturated heterocycles. The number of unbranched alkanes of at least 4 members (excludes halogenated alkanes) is 12. The second-order valence-electron chi connectivity index (χ2n) is 6.41. The van der Waals surface area contributed by atoms with Gasteiger partial charge in [0, 0.05) is 5.97 Å². The van der Waals surface area contributed by atoms with E-state index in [9.17, 15) is 14.7 Å². The van der Waals surface area contributed by atoms with E-state index < -0.39 is 11.9 Å². The number of ether oxygens (including phenoxy) is 1. The molecule has 0 fully saturated rings. The molecule has 4 nitrogen and oxygen atoms in total. The molecule has 0 N–H and O–H groups in total. The zero-order valence-corrected chi connectivity index (χ0v) is 19.5. The van der Waals surface area contributed by atoms with E-state index >= 15 is 0 Å². The van der Waals surface area contributed by atoms with Crippen molar-refractivity contribution < 1.29 is 70.8 Å². The second kappa shape index (κ2) is 22.4. The van der Waals surface area contributed by atoms with Crippen LogP contribution in [-0.2, 0) is 14.3 Å². The van der Waals surface area contributed by atoms with Crippen molar-refractivity contribution in [2.24, 2.45) is 0 Å². The molecule has 0 atom stereocenters. The normalized spacial score (nSPS) is 10.6. The van der Waals surface area contributed by atoms with Gasteiger partial charge in [0.1, 0.15) is 0 Å². The molecule has 25 heavy (non-hydrogen) atoms. The van der Waals surface area contributed by atoms with E-state index in [1.54, 1.807) is 0 Å². The zero-order valence-electron chi connectivity index (χ0n) is 16.4. The third-order valence-electron chi connectivity index (χ3n) is 4.05. The van der Waals surface area contributed by atoms with Crippen LogP contribution in [-0.4, -0.2) is 11.9 Å². The molecule has 5 heteroatoms. The predicted molar refractivity (Wildman–Crippen MR) is 95.2 cm³/mol. The summed E-state index contributed by atoms with van der Waals surface area (Å²) < 4.78 is 4.79. The minimum absolute atomic E-state index is 0. The fourth-order valence-electron chi connectivity index (χ4n) is 2.56. The van der Waals surface area contributed by atoms with Crippen LogP contribution < -0.4 is 56.5 Å². The standard InChI is InChI=1S/C20H36O4.K/c1-2-3-4-5-6-7-8-9-10-11-12-13-14-15-18-24-20(23)17-16-19(21)22;/h15,18H,2-14,16-17H2,1H3,(H,21,22);/q;+1/p-1. The van der Waals surface area contributed by atoms with Crippen LogP contribution >= 0.6 is 0 Å². The topological polar surface area (TPSA) is 66.4 Å². The fourth-order valence-corrected chi connectivity index (χ4v) is 2.56. The van der Waals surface area contributed by atoms with Crippen LogP contribution in [0.1, 0.15) is 103 Å². The molecular formula is C20H35KO4. The molecule has 0 saturated carbocycles. The van der Waals surface area contributed by atoms with Crippen LogP contribution in [0.25, 0.3) is 0 Å². The van der Waals surface area contributed by atoms with Gasteiger partial charge < -0.3 is 14.6 Å². The van der Waals surface area contributed by atoms with Gasteiger partial charge >= 0.3 is 57.4 Å². The molecule has 0 heterocycles. The number of hydrogen-bond acceptors (Lipinski definition) is 4. The Balaban J connectivity index is 0. The summed E-state index contributed by atoms with van der Waals surface area (Å²) >= 11 is 0. The Morgan fingerprint density at radius 1 is 0.800 bits per heavy atom. The largest absolute Gasteiger partial charge is 1.00 e. The molecule has 0 spiro atoms. The van der Waals surface area contributed by atoms with Gasteiger partial charge in [0.15, 0.2) is 0 Å². The molecule has 0 aromatic carbocycles. The Morgan fingerprint density at radius 2 is 1.28 bits per heavy atom. The summed E-state index contributed by atoms with van der Waals surface area (Å²) in [7, 11) is 0. The van der Waals surface area contributed by atoms with Gasteiger partial charge in [0.2, 0.25) is 0 Å². The van der Waals surface area contributed by atoms with Gasteiger partial charge in [-0.25, -0.2) is 0 Å². The Labute approximate surface area is 196 Å². The Bertz CT molecular complexity index is 343. The summed E-state index contributed by atoms with van der Waals surface area (Å²) in [5, 5.41) is 10.2. The van der Waals surface area contributed by atoms with E-state index in [1.165, 1.54) is 76.9 Å². The average Bonchev–Trinajstić information content (AvgIpc) is 2.56. The van der Waals surface area contributed by atoms with Crippen molar-refractivity contribution in [3.63, 3.8) is 0 Å². The zero-order chi connectivity index (χ0) is 17.9. The van der Waals surface area contributed by atoms with Crippen molar-refractivity contribution >= 4 is 11.9 Å². The number of rotatable bonds is 17. The van der Waals surface area contributed by atoms with Gasteiger partial charge in [-0.05, 0) is 25.3 Å². The van der Waals surface area contributed by atoms with Crippen LogP contribution in [0.3, 0.4) is 0 Å². The van der Waals surface area contributed by atoms with E-state index in [0.717, 1.165) is 12.8 Å². The first kappa shape index (κ1) is 27.5. The van der Waals surface area contributed by atoms with Crippen molar-refractivity contribution in [2.45, 2.75) is 103 Å². The van der Waals surface area contributed by atoms with E-state index in [4.69, 9.17) is 4.74 Å². The monoisotopic (exact) mass is 378 g/mol. The van der Waals surface area contributed by atoms with Crippen LogP contribution in [0.15, 0.2) is 12.3 Å². The maximum atomic E-state index is 11.1. The van der Waals surface area contributed by atoms with Gasteiger partial charge in [0.05, 0.1) is 12.7 Å². The number of carboxylic acid groups (broad SMARTS) is 1. The number of carbonyl (C=O) groups excluding carboxylic acids is 2. The van der Waals surface area contributed by atoms with E-state index in [0.29, 0.717) is 0 Å². The van der Waals surface area contributed by atoms with Gasteiger partial charge in [-0.1, -0.05) is 77.6 Å². The Kier molecular flexibility index (Phi) is 24.6. The molecular weight excluding hydrogens is 343 g/mol. The smallest absolute Gasteiger partial charge is 0.550 e. The summed E-state index contributed by atoms with van der Waals surface area (Å²) in [6.45, 7) is 2.25. The molecule has 0 aromatic rings. The number of allylic oxidation sites excluding steroid dienone is 1. The van der Waals surface area contributed by atoms with Crippen molar-refractivity contribution in [2.75, 3.05) is 0 Å². The molecule has 0 amide bonds. The first-order valence-electron chi connectivity index (χ1n) is 9.71. The van der Waals surface area contributed by atoms with E-state index in [1.807, 2.05) is 6.08 Å². The fraction of sp³-hybridized carbons (Fsp3) is 0.800. The number of carbonyl (C=O) groups is 2. The number of carboxylic acids is 1. The van der Waals surface area contributed by atoms with E-state index in [2.05, 4.69) is 6.92 Å². The summed E-state index contributed by atoms with van der Waals surface area (Å²) in [5.74, 6) is -1.75. The first-order chi connectivity index (χ1) is 11.7. The van der Waals surface area contributed by atoms with Crippen LogP contribution in [0.4, 0.5) is 0 Å². The average molecular weight is 379 g/mol. The summed E-state index contributed by atoms with van der Waals surface area (Å²) in [6.07, 6.45) is 19.6. The second-order valence-corrected chi connectivity index (χ2v) is 6.41. The Hall–Kier alpha value is 0.316. The molecule has 140 valence electrons. The molecule has 0 rings (SSSR count). The number of esters is 1. The molecule has 0 aliphatic carbocycles. The van der Waals surface area contributed by atoms with Crippen LogP contribution in [0.5, 0.6) is 0 Å². The van der Waals surface area contributed by atoms with Gasteiger partial charge in [0.25, 0.3) is 0 Å². The minimum atomic E-state index is -1.23. The van der Waals surface area contributed by atoms with E-state index in [-0.39, 0.29) is 64.2 Å². The summed E-state index contributed by atoms with van der Waals surface area (Å²) in [4.78, 5) is 21.3. The maximum absolute atomic E-state index is 11.1. The van der Waals surface area contributed by atoms with Crippen molar-refractivity contribution in [3.05, 3.63) is 12.3 Å². The Morgan fingerprint density at radius 3 is 1.76 bits per heavy atom. The van der Waals surface area contributed by atoms with Crippen molar-refractivity contribution in [1.82, 2.24) is 0 Å². The third kappa shape index (κ3) is 24.3. The van der Waals surface area contributed by atoms with Crippen LogP contribution in [0.2, 0.25) is 0 Å². The van der Waals surface area contributed by atoms with Crippen molar-refractivity contribution in [1.29, 1.82) is 0 Å². The minimum Gasteiger partial charge on any atom is -0.550 e. The molecule has 0 aromatic heterocycles. The first-order valence-corrected chi connectivity index (χ1v) is 9.71. The molecule has 0 aliphatic rings. The van der Waals surface area contributed by atoms with Gasteiger partial charge in [-0.3, -0.25) is 4.79 Å². The third-order valence-corrected chi connectivity index (χ3v) is 4.05. The number of aliphatic carboxylic acids is 1. The van der Waals surface area contributed by atoms with Gasteiger partial charge in [-0.2, -0.15) is 0 Å². The number of hydrogen-bond donors (Lipinski definition) is 0. The van der Waals surface area contributed by atoms with Gasteiger partial charge in [-0.15, -0.1) is 0 Å². The maximum Gasteiger partial charge on any atom is 1.00 e. The SMILES string of the molecule is CCCCCCCCCCCCCCC=COC(=O)CCC(=O)[O-].[K+]. The quantitative estimate of drug-likeness (QED) is 0.167. The van der Waals surface area contributed by atoms with Crippen LogP contribution in [0, 0.1) is 0 Å². The molecule has 0 unspecified atom stereocenters. The summed E-state index contributed by atoms with van der Waals surface area (Å²) in [6, 6.07) is 0. The molecule has 0 bridgehead atoms. The predicted octanol–water partition coefficient (Wildman–Crippen LogP) is 1.67. The molecule has 0 aliphatic heterocycles. The summed E-state index contributed by atoms with van der Waals surface area (Å²) in [5.41, 5.74) is 0. The van der Waals surface area contributed by atoms with Crippen molar-refractivity contribution in [3.8, 4) is 0 Å².